The Morgan fingerprint density at radius 3 is 2.42 bits per heavy atom. The Labute approximate surface area is 212 Å². The van der Waals surface area contributed by atoms with Crippen molar-refractivity contribution in [2.24, 2.45) is 4.99 Å². The second-order valence-corrected chi connectivity index (χ2v) is 8.93. The molecule has 1 atom stereocenters. The first-order valence-corrected chi connectivity index (χ1v) is 12.4. The highest BCUT2D eigenvalue weighted by atomic mass is 32.1. The summed E-state index contributed by atoms with van der Waals surface area (Å²) in [4.78, 5) is 31.9. The molecule has 3 aromatic rings. The third-order valence-corrected chi connectivity index (χ3v) is 6.71. The maximum atomic E-state index is 13.7. The molecule has 8 nitrogen and oxygen atoms in total. The van der Waals surface area contributed by atoms with Gasteiger partial charge in [-0.25, -0.2) is 9.79 Å². The van der Waals surface area contributed by atoms with Gasteiger partial charge in [0.25, 0.3) is 5.56 Å². The second-order valence-electron chi connectivity index (χ2n) is 7.92. The lowest BCUT2D eigenvalue weighted by Crippen LogP contribution is -2.39. The number of allylic oxidation sites excluding steroid dienone is 1. The number of aromatic nitrogens is 1. The first kappa shape index (κ1) is 25.2. The average Bonchev–Trinajstić information content (AvgIpc) is 3.18. The molecule has 0 bridgehead atoms. The summed E-state index contributed by atoms with van der Waals surface area (Å²) in [5.74, 6) is 1.28. The number of carbonyl (C=O) groups excluding carboxylic acids is 1. The second kappa shape index (κ2) is 10.8. The van der Waals surface area contributed by atoms with Crippen LogP contribution in [0.2, 0.25) is 0 Å². The molecule has 0 N–H and O–H groups in total. The Bertz CT molecular complexity index is 1480. The van der Waals surface area contributed by atoms with E-state index in [1.54, 1.807) is 37.7 Å². The molecule has 1 aliphatic heterocycles. The van der Waals surface area contributed by atoms with Crippen LogP contribution in [0.1, 0.15) is 37.9 Å². The fraction of sp³-hybridized carbons (Fsp3) is 0.296. The lowest BCUT2D eigenvalue weighted by molar-refractivity contribution is -0.139. The lowest BCUT2D eigenvalue weighted by atomic mass is 9.95. The maximum Gasteiger partial charge on any atom is 0.338 e. The molecule has 0 aliphatic carbocycles. The first-order chi connectivity index (χ1) is 17.4. The highest BCUT2D eigenvalue weighted by molar-refractivity contribution is 7.07. The summed E-state index contributed by atoms with van der Waals surface area (Å²) in [5, 5.41) is 0. The van der Waals surface area contributed by atoms with Crippen molar-refractivity contribution < 1.29 is 23.7 Å². The monoisotopic (exact) mass is 508 g/mol. The van der Waals surface area contributed by atoms with Crippen molar-refractivity contribution >= 4 is 23.4 Å². The molecule has 1 aromatic heterocycles. The van der Waals surface area contributed by atoms with Crippen molar-refractivity contribution in [3.8, 4) is 17.2 Å². The number of hydrogen-bond donors (Lipinski definition) is 0. The predicted octanol–water partition coefficient (Wildman–Crippen LogP) is 3.21. The van der Waals surface area contributed by atoms with Crippen LogP contribution in [0.4, 0.5) is 0 Å². The molecular formula is C27H28N2O6S. The minimum absolute atomic E-state index is 0.205. The van der Waals surface area contributed by atoms with Gasteiger partial charge in [0.05, 0.1) is 49.3 Å². The van der Waals surface area contributed by atoms with E-state index in [9.17, 15) is 9.59 Å². The zero-order chi connectivity index (χ0) is 25.8. The number of carbonyl (C=O) groups is 1. The van der Waals surface area contributed by atoms with Crippen molar-refractivity contribution in [1.82, 2.24) is 4.57 Å². The summed E-state index contributed by atoms with van der Waals surface area (Å²) in [6, 6.07) is 12.1. The summed E-state index contributed by atoms with van der Waals surface area (Å²) >= 11 is 1.27. The van der Waals surface area contributed by atoms with Gasteiger partial charge in [0.1, 0.15) is 5.75 Å². The quantitative estimate of drug-likeness (QED) is 0.434. The van der Waals surface area contributed by atoms with Crippen molar-refractivity contribution in [2.75, 3.05) is 27.4 Å². The van der Waals surface area contributed by atoms with E-state index in [2.05, 4.69) is 4.99 Å². The molecule has 188 valence electrons. The van der Waals surface area contributed by atoms with Crippen LogP contribution in [0.5, 0.6) is 17.2 Å². The van der Waals surface area contributed by atoms with E-state index in [4.69, 9.17) is 18.9 Å². The Hall–Kier alpha value is -3.85. The molecule has 2 aromatic carbocycles. The van der Waals surface area contributed by atoms with Gasteiger partial charge in [0.15, 0.2) is 16.3 Å². The number of hydrogen-bond acceptors (Lipinski definition) is 8. The van der Waals surface area contributed by atoms with E-state index in [0.717, 1.165) is 11.3 Å². The molecule has 2 heterocycles. The van der Waals surface area contributed by atoms with Crippen LogP contribution < -0.4 is 29.1 Å². The molecule has 4 rings (SSSR count). The van der Waals surface area contributed by atoms with Gasteiger partial charge >= 0.3 is 5.97 Å². The van der Waals surface area contributed by atoms with Crippen LogP contribution in [0.15, 0.2) is 63.5 Å². The highest BCUT2D eigenvalue weighted by Gasteiger charge is 2.33. The van der Waals surface area contributed by atoms with Gasteiger partial charge in [0, 0.05) is 0 Å². The van der Waals surface area contributed by atoms with E-state index in [1.165, 1.54) is 18.4 Å². The molecule has 0 radical (unpaired) electrons. The number of rotatable bonds is 8. The predicted molar refractivity (Wildman–Crippen MR) is 138 cm³/mol. The topological polar surface area (TPSA) is 88.4 Å². The number of thiazole rings is 1. The minimum Gasteiger partial charge on any atom is -0.494 e. The van der Waals surface area contributed by atoms with E-state index in [-0.39, 0.29) is 12.2 Å². The maximum absolute atomic E-state index is 13.7. The van der Waals surface area contributed by atoms with Crippen molar-refractivity contribution in [3.63, 3.8) is 0 Å². The van der Waals surface area contributed by atoms with E-state index >= 15 is 0 Å². The molecule has 1 aliphatic rings. The van der Waals surface area contributed by atoms with Crippen molar-refractivity contribution in [1.29, 1.82) is 0 Å². The average molecular weight is 509 g/mol. The highest BCUT2D eigenvalue weighted by Crippen LogP contribution is 2.36. The zero-order valence-corrected chi connectivity index (χ0v) is 21.7. The molecule has 0 saturated heterocycles. The number of nitrogens with zero attached hydrogens (tertiary/aromatic N) is 2. The standard InChI is InChI=1S/C27H28N2O6S/c1-6-34-19-11-8-17(9-12-19)14-22-25(30)29-24(18-10-13-20(32-4)21(15-18)33-5)23(26(31)35-7-2)16(3)28-27(29)36-22/h8-15,24H,6-7H2,1-5H3. The van der Waals surface area contributed by atoms with Crippen LogP contribution >= 0.6 is 11.3 Å². The normalized spacial score (nSPS) is 15.2. The van der Waals surface area contributed by atoms with Gasteiger partial charge in [-0.1, -0.05) is 29.5 Å². The van der Waals surface area contributed by atoms with Crippen LogP contribution in [0, 0.1) is 0 Å². The van der Waals surface area contributed by atoms with E-state index in [0.29, 0.717) is 44.3 Å². The number of fused-ring (bicyclic) bond motifs is 1. The van der Waals surface area contributed by atoms with Crippen molar-refractivity contribution in [2.45, 2.75) is 26.8 Å². The lowest BCUT2D eigenvalue weighted by Gasteiger charge is -2.25. The van der Waals surface area contributed by atoms with E-state index < -0.39 is 12.0 Å². The summed E-state index contributed by atoms with van der Waals surface area (Å²) in [5.41, 5.74) is 2.10. The summed E-state index contributed by atoms with van der Waals surface area (Å²) in [7, 11) is 3.09. The van der Waals surface area contributed by atoms with Gasteiger partial charge in [0.2, 0.25) is 0 Å². The molecule has 36 heavy (non-hydrogen) atoms. The zero-order valence-electron chi connectivity index (χ0n) is 20.9. The first-order valence-electron chi connectivity index (χ1n) is 11.6. The van der Waals surface area contributed by atoms with Crippen LogP contribution in [0.25, 0.3) is 6.08 Å². The minimum atomic E-state index is -0.734. The summed E-state index contributed by atoms with van der Waals surface area (Å²) < 4.78 is 23.8. The van der Waals surface area contributed by atoms with Crippen LogP contribution in [-0.4, -0.2) is 38.0 Å². The molecule has 9 heteroatoms. The largest absolute Gasteiger partial charge is 0.494 e. The smallest absolute Gasteiger partial charge is 0.338 e. The fourth-order valence-electron chi connectivity index (χ4n) is 4.11. The van der Waals surface area contributed by atoms with Gasteiger partial charge < -0.3 is 18.9 Å². The summed E-state index contributed by atoms with van der Waals surface area (Å²) in [6.07, 6.45) is 1.81. The van der Waals surface area contributed by atoms with Crippen LogP contribution in [0.3, 0.4) is 0 Å². The third kappa shape index (κ3) is 4.79. The molecule has 0 saturated carbocycles. The van der Waals surface area contributed by atoms with Gasteiger partial charge in [-0.2, -0.15) is 0 Å². The summed E-state index contributed by atoms with van der Waals surface area (Å²) in [6.45, 7) is 6.21. The molecule has 0 spiro atoms. The molecule has 0 amide bonds. The number of methoxy groups -OCH3 is 2. The van der Waals surface area contributed by atoms with Gasteiger partial charge in [-0.3, -0.25) is 9.36 Å². The Morgan fingerprint density at radius 1 is 1.06 bits per heavy atom. The molecule has 1 unspecified atom stereocenters. The van der Waals surface area contributed by atoms with Gasteiger partial charge in [-0.15, -0.1) is 0 Å². The fourth-order valence-corrected chi connectivity index (χ4v) is 5.15. The Balaban J connectivity index is 1.91. The number of ether oxygens (including phenoxy) is 4. The van der Waals surface area contributed by atoms with Crippen molar-refractivity contribution in [3.05, 3.63) is 84.5 Å². The Kier molecular flexibility index (Phi) is 7.59. The molecular weight excluding hydrogens is 480 g/mol. The Morgan fingerprint density at radius 2 is 1.78 bits per heavy atom. The molecule has 0 fully saturated rings. The number of esters is 1. The van der Waals surface area contributed by atoms with Crippen LogP contribution in [-0.2, 0) is 9.53 Å². The SMILES string of the molecule is CCOC(=O)C1=C(C)N=c2sc(=Cc3ccc(OCC)cc3)c(=O)n2C1c1ccc(OC)c(OC)c1. The third-order valence-electron chi connectivity index (χ3n) is 5.73. The van der Waals surface area contributed by atoms with Gasteiger partial charge in [-0.05, 0) is 62.2 Å². The number of benzene rings is 2. The van der Waals surface area contributed by atoms with E-state index in [1.807, 2.05) is 43.3 Å².